The second-order valence-electron chi connectivity index (χ2n) is 23.7. The summed E-state index contributed by atoms with van der Waals surface area (Å²) in [5.41, 5.74) is 28.8. The zero-order chi connectivity index (χ0) is 67.8. The van der Waals surface area contributed by atoms with Gasteiger partial charge in [0.25, 0.3) is 17.3 Å². The number of aliphatic hydroxyl groups is 1. The van der Waals surface area contributed by atoms with Crippen LogP contribution in [0.4, 0.5) is 45.5 Å². The molecule has 20 nitrogen and oxygen atoms in total. The van der Waals surface area contributed by atoms with Gasteiger partial charge in [0, 0.05) is 90.7 Å². The van der Waals surface area contributed by atoms with Crippen LogP contribution in [0, 0.1) is 61.8 Å². The van der Waals surface area contributed by atoms with E-state index in [0.29, 0.717) is 30.2 Å². The lowest BCUT2D eigenvalue weighted by molar-refractivity contribution is -0.384. The van der Waals surface area contributed by atoms with E-state index in [0.717, 1.165) is 135 Å². The van der Waals surface area contributed by atoms with E-state index >= 15 is 0 Å². The van der Waals surface area contributed by atoms with Crippen LogP contribution in [0.3, 0.4) is 0 Å². The number of rotatable bonds is 9. The lowest BCUT2D eigenvalue weighted by atomic mass is 9.98. The van der Waals surface area contributed by atoms with Crippen LogP contribution in [0.1, 0.15) is 125 Å². The summed E-state index contributed by atoms with van der Waals surface area (Å²) in [5, 5.41) is 39.1. The summed E-state index contributed by atoms with van der Waals surface area (Å²) in [5.74, 6) is 0.601. The van der Waals surface area contributed by atoms with Crippen molar-refractivity contribution in [3.63, 3.8) is 0 Å². The van der Waals surface area contributed by atoms with Crippen molar-refractivity contribution in [3.8, 4) is 0 Å². The largest absolute Gasteiger partial charge is 0.397 e. The molecule has 6 aromatic carbocycles. The van der Waals surface area contributed by atoms with Gasteiger partial charge in [-0.05, 0) is 205 Å². The van der Waals surface area contributed by atoms with E-state index < -0.39 is 10.9 Å². The van der Waals surface area contributed by atoms with Gasteiger partial charge in [-0.3, -0.25) is 29.8 Å². The number of nitro benzene ring substituents is 2. The lowest BCUT2D eigenvalue weighted by Gasteiger charge is -2.25. The Labute approximate surface area is 577 Å². The molecule has 0 saturated carbocycles. The van der Waals surface area contributed by atoms with Crippen molar-refractivity contribution < 1.29 is 38.8 Å². The summed E-state index contributed by atoms with van der Waals surface area (Å²) in [6, 6.07) is 28.6. The van der Waals surface area contributed by atoms with Crippen LogP contribution < -0.4 is 31.5 Å². The molecule has 6 aliphatic rings. The Bertz CT molecular complexity index is 3640. The van der Waals surface area contributed by atoms with Crippen molar-refractivity contribution in [1.82, 2.24) is 9.55 Å². The number of aryl methyl sites for hydroxylation is 13. The topological polar surface area (TPSA) is 255 Å². The molecule has 0 bridgehead atoms. The maximum Gasteiger partial charge on any atom is 0.296 e. The van der Waals surface area contributed by atoms with Gasteiger partial charge in [0.1, 0.15) is 23.1 Å². The average molecular weight is 1370 g/mol. The molecule has 0 saturated heterocycles. The number of benzene rings is 6. The molecule has 13 rings (SSSR count). The number of nitrogens with zero attached hydrogens (tertiary/aromatic N) is 6. The van der Waals surface area contributed by atoms with Gasteiger partial charge in [-0.25, -0.2) is 4.98 Å². The van der Waals surface area contributed by atoms with E-state index in [2.05, 4.69) is 102 Å². The summed E-state index contributed by atoms with van der Waals surface area (Å²) in [6.45, 7) is 19.6. The molecule has 1 aromatic heterocycles. The molecule has 7 heterocycles. The van der Waals surface area contributed by atoms with Crippen molar-refractivity contribution in [3.05, 3.63) is 178 Å². The van der Waals surface area contributed by atoms with E-state index in [1.165, 1.54) is 120 Å². The predicted octanol–water partition coefficient (Wildman–Crippen LogP) is 15.2. The molecule has 0 fully saturated rings. The Morgan fingerprint density at radius 1 is 0.589 bits per heavy atom. The van der Waals surface area contributed by atoms with Crippen LogP contribution in [0.5, 0.6) is 0 Å². The SMILES string of the molecule is C.CCO.COC(CCl)(OC)OC.Cc1cc(N)c2c(c1)CCCN2.Cc1cc2c(c([N+](=O)[O-])c1)N(C=O)CCC2.Cc1cc2c(c([N+](=O)[O-])c1)NCCC2.Cc1cc2c3c(c1)nc(CCl)n3CCC2.Cc1ccc2c(c1)CCCN2.Cc1ccc2c(c1)CCCN2C=O.Cl. The number of nitrogen functional groups attached to an aromatic ring is 1. The van der Waals surface area contributed by atoms with Crippen LogP contribution in [-0.2, 0) is 74.7 Å². The van der Waals surface area contributed by atoms with Crippen LogP contribution in [0.15, 0.2) is 84.9 Å². The zero-order valence-electron chi connectivity index (χ0n) is 56.1. The summed E-state index contributed by atoms with van der Waals surface area (Å²) < 4.78 is 16.7. The van der Waals surface area contributed by atoms with Crippen LogP contribution >= 0.6 is 35.6 Å². The van der Waals surface area contributed by atoms with Gasteiger partial charge in [0.05, 0.1) is 38.1 Å². The highest BCUT2D eigenvalue weighted by molar-refractivity contribution is 6.18. The standard InChI is InChI=1S/C12H13ClN2.C11H12N2O3.C11H13NO.C10H12N2O2.C10H14N2.C10H13N.C5H11ClO3.C2H6O.CH4.ClH/c1-8-5-9-3-2-4-15-11(7-13)14-10(6-8)12(9)15;1-8-5-9-3-2-4-12(7-14)11(9)10(6-8)13(15)16;1-9-4-5-11-10(7-9)3-2-6-12(11)8-13;1-7-5-8-3-2-4-11-10(8)9(6-7)12(13)14;1-7-5-8-3-2-4-12-10(8)9(11)6-7;1-8-4-5-10-9(7-8)3-2-6-11-10;1-7-5(4-6,8-2)9-3;1-2-3;;/h5-6H,2-4,7H2,1H3;5-7H,2-4H2,1H3;4-5,7-8H,2-3,6H2,1H3;5-6,11H,2-4H2,1H3;5-6,12H,2-4,11H2,1H3;4-5,7,11H,2-3,6H2,1H3;4H2,1-3H3;3H,2H2,1H3;1H4;1H. The number of aromatic nitrogens is 2. The number of nitrogens with one attached hydrogen (secondary N) is 3. The number of ether oxygens (including phenoxy) is 3. The second-order valence-corrected chi connectivity index (χ2v) is 24.2. The number of nitrogens with two attached hydrogens (primary N) is 1. The van der Waals surface area contributed by atoms with E-state index in [1.807, 2.05) is 38.1 Å². The zero-order valence-corrected chi connectivity index (χ0v) is 58.5. The maximum atomic E-state index is 10.9. The third kappa shape index (κ3) is 22.0. The smallest absolute Gasteiger partial charge is 0.296 e. The van der Waals surface area contributed by atoms with Crippen LogP contribution in [-0.4, -0.2) is 110 Å². The number of carbonyl (C=O) groups excluding carboxylic acids is 2. The monoisotopic (exact) mass is 1370 g/mol. The normalized spacial score (nSPS) is 14.0. The fourth-order valence-electron chi connectivity index (χ4n) is 12.2. The van der Waals surface area contributed by atoms with E-state index in [-0.39, 0.29) is 48.6 Å². The van der Waals surface area contributed by atoms with Gasteiger partial charge in [0.15, 0.2) is 0 Å². The minimum atomic E-state index is -1.07. The minimum Gasteiger partial charge on any atom is -0.397 e. The van der Waals surface area contributed by atoms with Crippen molar-refractivity contribution in [2.24, 2.45) is 0 Å². The van der Waals surface area contributed by atoms with Crippen molar-refractivity contribution in [1.29, 1.82) is 0 Å². The number of carbonyl (C=O) groups is 2. The molecule has 2 amide bonds. The number of methoxy groups -OCH3 is 3. The molecule has 0 radical (unpaired) electrons. The van der Waals surface area contributed by atoms with Crippen molar-refractivity contribution >= 4 is 105 Å². The molecular weight excluding hydrogens is 1270 g/mol. The van der Waals surface area contributed by atoms with Crippen molar-refractivity contribution in [2.45, 2.75) is 151 Å². The lowest BCUT2D eigenvalue weighted by Crippen LogP contribution is -2.37. The maximum absolute atomic E-state index is 10.9. The number of alkyl halides is 2. The number of halogens is 3. The number of anilines is 6. The summed E-state index contributed by atoms with van der Waals surface area (Å²) in [6.07, 6.45) is 14.7. The minimum absolute atomic E-state index is 0. The Balaban J connectivity index is 0.000000235. The molecule has 518 valence electrons. The van der Waals surface area contributed by atoms with Crippen molar-refractivity contribution in [2.75, 3.05) is 98.0 Å². The highest BCUT2D eigenvalue weighted by atomic mass is 35.5. The Hall–Kier alpha value is -7.56. The first-order valence-corrected chi connectivity index (χ1v) is 32.9. The number of fused-ring (bicyclic) bond motifs is 5. The summed E-state index contributed by atoms with van der Waals surface area (Å²) in [7, 11) is 4.40. The van der Waals surface area contributed by atoms with E-state index in [1.54, 1.807) is 17.9 Å². The number of nitro groups is 2. The molecule has 23 heteroatoms. The average Bonchev–Trinajstić information content (AvgIpc) is 1.67. The van der Waals surface area contributed by atoms with E-state index in [9.17, 15) is 29.8 Å². The summed E-state index contributed by atoms with van der Waals surface area (Å²) >= 11 is 11.4. The number of hydrogen-bond donors (Lipinski definition) is 5. The summed E-state index contributed by atoms with van der Waals surface area (Å²) in [4.78, 5) is 50.4. The Morgan fingerprint density at radius 3 is 1.61 bits per heavy atom. The molecular formula is C72H99Cl3N10O10. The fraction of sp³-hybridized carbons (Fsp3) is 0.458. The molecule has 95 heavy (non-hydrogen) atoms. The first kappa shape index (κ1) is 79.9. The van der Waals surface area contributed by atoms with Gasteiger partial charge in [0.2, 0.25) is 12.8 Å². The van der Waals surface area contributed by atoms with Crippen LogP contribution in [0.25, 0.3) is 11.0 Å². The van der Waals surface area contributed by atoms with Gasteiger partial charge in [-0.2, -0.15) is 0 Å². The molecule has 6 aliphatic heterocycles. The fourth-order valence-corrected chi connectivity index (χ4v) is 12.8. The third-order valence-electron chi connectivity index (χ3n) is 16.5. The first-order valence-electron chi connectivity index (χ1n) is 31.9. The highest BCUT2D eigenvalue weighted by Crippen LogP contribution is 2.37. The highest BCUT2D eigenvalue weighted by Gasteiger charge is 2.29. The molecule has 6 N–H and O–H groups in total. The quantitative estimate of drug-likeness (QED) is 0.0225. The van der Waals surface area contributed by atoms with Crippen LogP contribution in [0.2, 0.25) is 0 Å². The number of hydrogen-bond acceptors (Lipinski definition) is 15. The Morgan fingerprint density at radius 2 is 1.04 bits per heavy atom. The molecule has 7 aromatic rings. The van der Waals surface area contributed by atoms with Gasteiger partial charge in [-0.1, -0.05) is 67.1 Å². The van der Waals surface area contributed by atoms with Gasteiger partial charge in [-0.15, -0.1) is 35.6 Å². The van der Waals surface area contributed by atoms with Gasteiger partial charge < -0.3 is 55.4 Å². The third-order valence-corrected chi connectivity index (χ3v) is 17.0. The number of imidazole rings is 1. The molecule has 0 spiro atoms. The Kier molecular flexibility index (Phi) is 33.2. The predicted molar refractivity (Wildman–Crippen MR) is 391 cm³/mol. The number of amides is 2. The van der Waals surface area contributed by atoms with E-state index in [4.69, 9.17) is 48.3 Å². The molecule has 0 unspecified atom stereocenters. The second kappa shape index (κ2) is 39.5. The number of aliphatic hydroxyl groups excluding tert-OH is 1. The molecule has 0 aliphatic carbocycles. The van der Waals surface area contributed by atoms with Gasteiger partial charge >= 0.3 is 0 Å². The molecule has 0 atom stereocenters. The first-order chi connectivity index (χ1) is 44.7.